The SMILES string of the molecule is CCn1c(-c2cc(N3CCN(C)CC3)cnc2[C@H](C)OC)c2c3cc(ccc31)-c1csc(n1)C[C@H](NC(=O)[C@H](C(C)C)N1CCCC3(CCN(C(=O)[C@H](F)Cl)C3)C1=O)C(=O)N1CCC[C@H](N1)C(=O)OCC(C)(C)C2. The molecule has 9 rings (SSSR count). The van der Waals surface area contributed by atoms with Gasteiger partial charge < -0.3 is 39.0 Å². The molecule has 5 aliphatic rings. The maximum Gasteiger partial charge on any atom is 0.324 e. The number of aromatic nitrogens is 3. The summed E-state index contributed by atoms with van der Waals surface area (Å²) in [6, 6.07) is 5.77. The molecule has 4 fully saturated rings. The minimum Gasteiger partial charge on any atom is -0.464 e. The van der Waals surface area contributed by atoms with Crippen molar-refractivity contribution in [3.05, 3.63) is 52.1 Å². The summed E-state index contributed by atoms with van der Waals surface area (Å²) in [5.41, 5.74) is 7.09. The summed E-state index contributed by atoms with van der Waals surface area (Å²) in [6.45, 7) is 17.3. The molecule has 3 aromatic heterocycles. The Hall–Kier alpha value is -5.21. The number of hydrazine groups is 1. The van der Waals surface area contributed by atoms with Gasteiger partial charge in [0.1, 0.15) is 18.1 Å². The lowest BCUT2D eigenvalue weighted by molar-refractivity contribution is -0.156. The van der Waals surface area contributed by atoms with Gasteiger partial charge in [0.05, 0.1) is 52.1 Å². The van der Waals surface area contributed by atoms with E-state index in [-0.39, 0.29) is 50.6 Å². The third kappa shape index (κ3) is 10.6. The van der Waals surface area contributed by atoms with Crippen LogP contribution >= 0.6 is 22.9 Å². The van der Waals surface area contributed by atoms with Crippen molar-refractivity contribution in [1.29, 1.82) is 0 Å². The van der Waals surface area contributed by atoms with Crippen LogP contribution in [0.25, 0.3) is 33.4 Å². The molecule has 20 heteroatoms. The van der Waals surface area contributed by atoms with Crippen molar-refractivity contribution < 1.29 is 37.8 Å². The van der Waals surface area contributed by atoms with Crippen molar-refractivity contribution in [3.8, 4) is 22.5 Å². The van der Waals surface area contributed by atoms with Crippen LogP contribution in [0.5, 0.6) is 0 Å². The van der Waals surface area contributed by atoms with Crippen LogP contribution in [-0.2, 0) is 52.8 Å². The maximum atomic E-state index is 14.8. The summed E-state index contributed by atoms with van der Waals surface area (Å²) in [6.07, 6.45) is 4.62. The van der Waals surface area contributed by atoms with Crippen molar-refractivity contribution in [2.45, 2.75) is 123 Å². The standard InChI is InChI=1S/C54H72ClFN10O7S/c1-9-64-42-14-13-34-24-36(42)38(46(64)37-25-35(28-57-44(37)33(4)72-8)62-22-20-61(7)21-23-62)27-53(5,6)31-73-51(70)39-12-10-18-66(60-39)49(68)40(26-43-58-41(34)29-74-43)59-48(67)45(32(2)3)65-17-11-15-54(52(65)71)16-19-63(30-54)50(69)47(55)56/h13-14,24-25,28-29,32-33,39-40,45,47,60H,9-12,15-23,26-27,30-31H2,1-8H3,(H,59,67)/t33-,39-,40-,45-,47-,54?/m0/s1. The van der Waals surface area contributed by atoms with Gasteiger partial charge in [-0.2, -0.15) is 0 Å². The lowest BCUT2D eigenvalue weighted by Crippen LogP contribution is -2.63. The fourth-order valence-corrected chi connectivity index (χ4v) is 12.8. The van der Waals surface area contributed by atoms with Crippen LogP contribution in [0.3, 0.4) is 0 Å². The van der Waals surface area contributed by atoms with E-state index in [1.54, 1.807) is 12.0 Å². The Kier molecular flexibility index (Phi) is 15.8. The van der Waals surface area contributed by atoms with Crippen LogP contribution < -0.4 is 15.6 Å². The van der Waals surface area contributed by atoms with Crippen molar-refractivity contribution >= 4 is 69.1 Å². The largest absolute Gasteiger partial charge is 0.464 e. The first-order valence-corrected chi connectivity index (χ1v) is 27.6. The number of esters is 1. The van der Waals surface area contributed by atoms with E-state index in [0.29, 0.717) is 56.6 Å². The number of likely N-dealkylation sites (N-methyl/N-ethyl adjacent to an activating group) is 1. The number of carbonyl (C=O) groups excluding carboxylic acids is 5. The molecular weight excluding hydrogens is 987 g/mol. The van der Waals surface area contributed by atoms with E-state index in [4.69, 9.17) is 31.0 Å². The van der Waals surface area contributed by atoms with E-state index in [2.05, 4.69) is 77.2 Å². The number of nitrogens with one attached hydrogen (secondary N) is 2. The molecule has 0 aliphatic carbocycles. The first kappa shape index (κ1) is 53.6. The van der Waals surface area contributed by atoms with Gasteiger partial charge in [-0.05, 0) is 89.1 Å². The van der Waals surface area contributed by atoms with E-state index < -0.39 is 58.3 Å². The van der Waals surface area contributed by atoms with Crippen molar-refractivity contribution in [2.75, 3.05) is 78.0 Å². The number of aryl methyl sites for hydroxylation is 1. The number of methoxy groups -OCH3 is 1. The van der Waals surface area contributed by atoms with Gasteiger partial charge in [-0.1, -0.05) is 45.4 Å². The highest BCUT2D eigenvalue weighted by Crippen LogP contribution is 2.44. The molecule has 4 saturated heterocycles. The molecule has 17 nitrogen and oxygen atoms in total. The van der Waals surface area contributed by atoms with Crippen LogP contribution in [0.15, 0.2) is 35.8 Å². The number of nitrogens with zero attached hydrogens (tertiary/aromatic N) is 8. The van der Waals surface area contributed by atoms with Gasteiger partial charge in [-0.3, -0.25) is 34.0 Å². The number of likely N-dealkylation sites (tertiary alicyclic amines) is 2. The molecular formula is C54H72ClFN10O7S. The highest BCUT2D eigenvalue weighted by molar-refractivity contribution is 7.10. The second-order valence-corrected chi connectivity index (χ2v) is 23.5. The molecule has 1 spiro atoms. The zero-order chi connectivity index (χ0) is 52.8. The molecule has 2 N–H and O–H groups in total. The van der Waals surface area contributed by atoms with Gasteiger partial charge in [0.15, 0.2) is 0 Å². The fraction of sp³-hybridized carbons (Fsp3) is 0.611. The van der Waals surface area contributed by atoms with Crippen molar-refractivity contribution in [3.63, 3.8) is 0 Å². The van der Waals surface area contributed by atoms with Crippen LogP contribution in [0, 0.1) is 16.7 Å². The maximum absolute atomic E-state index is 14.8. The van der Waals surface area contributed by atoms with Crippen LogP contribution in [0.1, 0.15) is 96.0 Å². The molecule has 0 radical (unpaired) electrons. The van der Waals surface area contributed by atoms with E-state index >= 15 is 0 Å². The quantitative estimate of drug-likeness (QED) is 0.133. The third-order valence-corrected chi connectivity index (χ3v) is 17.0. The normalized spacial score (nSPS) is 24.3. The molecule has 74 heavy (non-hydrogen) atoms. The molecule has 6 bridgehead atoms. The number of rotatable bonds is 10. The first-order valence-electron chi connectivity index (χ1n) is 26.3. The van der Waals surface area contributed by atoms with E-state index in [1.807, 2.05) is 32.3 Å². The number of cyclic esters (lactones) is 1. The summed E-state index contributed by atoms with van der Waals surface area (Å²) < 4.78 is 28.5. The second-order valence-electron chi connectivity index (χ2n) is 22.1. The Morgan fingerprint density at radius 3 is 2.53 bits per heavy atom. The Morgan fingerprint density at radius 2 is 1.81 bits per heavy atom. The topological polar surface area (TPSA) is 175 Å². The first-order chi connectivity index (χ1) is 35.3. The molecule has 4 amide bonds. The lowest BCUT2D eigenvalue weighted by atomic mass is 9.77. The minimum absolute atomic E-state index is 0.0208. The summed E-state index contributed by atoms with van der Waals surface area (Å²) in [7, 11) is 3.85. The van der Waals surface area contributed by atoms with E-state index in [0.717, 1.165) is 76.5 Å². The number of alkyl halides is 2. The Bertz CT molecular complexity index is 2780. The van der Waals surface area contributed by atoms with E-state index in [1.165, 1.54) is 21.2 Å². The van der Waals surface area contributed by atoms with Crippen molar-refractivity contribution in [2.24, 2.45) is 16.7 Å². The number of fused-ring (bicyclic) bond motifs is 6. The molecule has 8 heterocycles. The Morgan fingerprint density at radius 1 is 1.04 bits per heavy atom. The predicted molar refractivity (Wildman–Crippen MR) is 283 cm³/mol. The third-order valence-electron chi connectivity index (χ3n) is 15.9. The number of pyridine rings is 1. The smallest absolute Gasteiger partial charge is 0.324 e. The Balaban J connectivity index is 1.09. The number of amides is 4. The van der Waals surface area contributed by atoms with Crippen molar-refractivity contribution in [1.82, 2.24) is 45.0 Å². The van der Waals surface area contributed by atoms with Crippen LogP contribution in [0.2, 0.25) is 0 Å². The van der Waals surface area contributed by atoms with Crippen LogP contribution in [0.4, 0.5) is 10.1 Å². The number of ether oxygens (including phenoxy) is 2. The van der Waals surface area contributed by atoms with E-state index in [9.17, 15) is 28.4 Å². The van der Waals surface area contributed by atoms with Gasteiger partial charge in [0.2, 0.25) is 11.8 Å². The predicted octanol–water partition coefficient (Wildman–Crippen LogP) is 6.35. The molecule has 0 saturated carbocycles. The van der Waals surface area contributed by atoms with Gasteiger partial charge in [0.25, 0.3) is 17.4 Å². The fourth-order valence-electron chi connectivity index (χ4n) is 11.8. The number of hydrogen-bond acceptors (Lipinski definition) is 13. The van der Waals surface area contributed by atoms with Gasteiger partial charge in [0, 0.05) is 105 Å². The number of benzene rings is 1. The number of piperidine rings is 1. The molecule has 4 aromatic rings. The van der Waals surface area contributed by atoms with Gasteiger partial charge in [-0.25, -0.2) is 14.8 Å². The highest BCUT2D eigenvalue weighted by Gasteiger charge is 2.52. The second kappa shape index (κ2) is 21.8. The van der Waals surface area contributed by atoms with Crippen LogP contribution in [-0.4, -0.2) is 161 Å². The molecule has 1 unspecified atom stereocenters. The molecule has 1 aromatic carbocycles. The number of anilines is 1. The summed E-state index contributed by atoms with van der Waals surface area (Å²) in [5.74, 6) is -2.93. The zero-order valence-electron chi connectivity index (χ0n) is 44.0. The average molecular weight is 1060 g/mol. The number of carbonyl (C=O) groups is 5. The monoisotopic (exact) mass is 1060 g/mol. The zero-order valence-corrected chi connectivity index (χ0v) is 45.6. The minimum atomic E-state index is -2.21. The highest BCUT2D eigenvalue weighted by atomic mass is 35.5. The van der Waals surface area contributed by atoms with Gasteiger partial charge in [-0.15, -0.1) is 11.3 Å². The van der Waals surface area contributed by atoms with Gasteiger partial charge >= 0.3 is 5.97 Å². The summed E-state index contributed by atoms with van der Waals surface area (Å²) in [4.78, 5) is 88.7. The number of halogens is 2. The lowest BCUT2D eigenvalue weighted by Gasteiger charge is -2.44. The number of piperazine rings is 1. The average Bonchev–Trinajstić information content (AvgIpc) is 4.12. The summed E-state index contributed by atoms with van der Waals surface area (Å²) >= 11 is 6.92. The molecule has 6 atom stereocenters. The molecule has 5 aliphatic heterocycles. The Labute approximate surface area is 442 Å². The number of thiazole rings is 1. The summed E-state index contributed by atoms with van der Waals surface area (Å²) in [5, 5.41) is 8.10. The number of hydrogen-bond donors (Lipinski definition) is 2. The molecule has 400 valence electrons.